The number of nitrogens with zero attached hydrogens (tertiary/aromatic N) is 1. The number of benzene rings is 1. The van der Waals surface area contributed by atoms with Crippen molar-refractivity contribution < 1.29 is 4.79 Å². The average molecular weight is 226 g/mol. The Hall–Kier alpha value is -1.12. The topological polar surface area (TPSA) is 30.0 Å². The summed E-state index contributed by atoms with van der Waals surface area (Å²) in [6.45, 7) is 0. The van der Waals surface area contributed by atoms with E-state index in [1.54, 1.807) is 30.5 Å². The highest BCUT2D eigenvalue weighted by atomic mass is 35.5. The Bertz CT molecular complexity index is 510. The SMILES string of the molecule is O=C(Cl)c1cccc2c(Cl)ccnc12. The van der Waals surface area contributed by atoms with Crippen molar-refractivity contribution >= 4 is 39.3 Å². The molecule has 2 nitrogen and oxygen atoms in total. The molecule has 0 fully saturated rings. The van der Waals surface area contributed by atoms with Gasteiger partial charge in [-0.15, -0.1) is 0 Å². The van der Waals surface area contributed by atoms with Crippen molar-refractivity contribution in [3.8, 4) is 0 Å². The fourth-order valence-electron chi connectivity index (χ4n) is 1.30. The summed E-state index contributed by atoms with van der Waals surface area (Å²) in [5.74, 6) is 0. The molecule has 0 N–H and O–H groups in total. The molecule has 0 atom stereocenters. The van der Waals surface area contributed by atoms with Crippen LogP contribution in [0.3, 0.4) is 0 Å². The van der Waals surface area contributed by atoms with Crippen LogP contribution in [-0.4, -0.2) is 10.2 Å². The van der Waals surface area contributed by atoms with E-state index in [2.05, 4.69) is 4.98 Å². The molecule has 0 saturated carbocycles. The van der Waals surface area contributed by atoms with Crippen molar-refractivity contribution in [2.24, 2.45) is 0 Å². The van der Waals surface area contributed by atoms with Crippen molar-refractivity contribution in [1.82, 2.24) is 4.98 Å². The van der Waals surface area contributed by atoms with Gasteiger partial charge in [-0.25, -0.2) is 0 Å². The van der Waals surface area contributed by atoms with Crippen LogP contribution >= 0.6 is 23.2 Å². The van der Waals surface area contributed by atoms with Gasteiger partial charge < -0.3 is 0 Å². The molecule has 1 aromatic heterocycles. The van der Waals surface area contributed by atoms with E-state index in [0.29, 0.717) is 16.1 Å². The van der Waals surface area contributed by atoms with Crippen molar-refractivity contribution in [2.75, 3.05) is 0 Å². The summed E-state index contributed by atoms with van der Waals surface area (Å²) < 4.78 is 0. The van der Waals surface area contributed by atoms with Gasteiger partial charge in [0.05, 0.1) is 16.1 Å². The number of fused-ring (bicyclic) bond motifs is 1. The summed E-state index contributed by atoms with van der Waals surface area (Å²) in [7, 11) is 0. The largest absolute Gasteiger partial charge is 0.276 e. The molecule has 0 aliphatic heterocycles. The van der Waals surface area contributed by atoms with Crippen LogP contribution in [0.2, 0.25) is 5.02 Å². The van der Waals surface area contributed by atoms with Gasteiger partial charge in [-0.05, 0) is 23.7 Å². The zero-order valence-electron chi connectivity index (χ0n) is 7.00. The smallest absolute Gasteiger partial charge is 0.254 e. The van der Waals surface area contributed by atoms with Gasteiger partial charge >= 0.3 is 0 Å². The third kappa shape index (κ3) is 1.47. The highest BCUT2D eigenvalue weighted by Crippen LogP contribution is 2.24. The fourth-order valence-corrected chi connectivity index (χ4v) is 1.66. The number of carbonyl (C=O) groups is 1. The summed E-state index contributed by atoms with van der Waals surface area (Å²) in [4.78, 5) is 15.1. The Morgan fingerprint density at radius 2 is 2.07 bits per heavy atom. The molecule has 2 aromatic rings. The minimum Gasteiger partial charge on any atom is -0.276 e. The monoisotopic (exact) mass is 225 g/mol. The van der Waals surface area contributed by atoms with E-state index in [9.17, 15) is 4.79 Å². The van der Waals surface area contributed by atoms with Crippen molar-refractivity contribution in [3.63, 3.8) is 0 Å². The number of carbonyl (C=O) groups excluding carboxylic acids is 1. The molecular weight excluding hydrogens is 221 g/mol. The minimum absolute atomic E-state index is 0.381. The molecule has 0 saturated heterocycles. The lowest BCUT2D eigenvalue weighted by Crippen LogP contribution is -1.92. The second-order valence-corrected chi connectivity index (χ2v) is 3.52. The molecule has 0 radical (unpaired) electrons. The normalized spacial score (nSPS) is 10.4. The molecule has 1 heterocycles. The van der Waals surface area contributed by atoms with Crippen LogP contribution in [-0.2, 0) is 0 Å². The Morgan fingerprint density at radius 1 is 1.29 bits per heavy atom. The zero-order chi connectivity index (χ0) is 10.1. The molecular formula is C10H5Cl2NO. The molecule has 0 aliphatic rings. The standard InChI is InChI=1S/C10H5Cl2NO/c11-8-4-5-13-9-6(8)2-1-3-7(9)10(12)14/h1-5H. The fraction of sp³-hybridized carbons (Fsp3) is 0. The van der Waals surface area contributed by atoms with Crippen LogP contribution in [0.1, 0.15) is 10.4 Å². The number of hydrogen-bond acceptors (Lipinski definition) is 2. The third-order valence-corrected chi connectivity index (χ3v) is 2.46. The highest BCUT2D eigenvalue weighted by Gasteiger charge is 2.09. The quantitative estimate of drug-likeness (QED) is 0.698. The van der Waals surface area contributed by atoms with Crippen LogP contribution in [0.4, 0.5) is 0 Å². The van der Waals surface area contributed by atoms with Gasteiger partial charge in [0.2, 0.25) is 0 Å². The van der Waals surface area contributed by atoms with E-state index in [1.165, 1.54) is 0 Å². The number of rotatable bonds is 1. The van der Waals surface area contributed by atoms with Gasteiger partial charge in [0.25, 0.3) is 5.24 Å². The van der Waals surface area contributed by atoms with Gasteiger partial charge in [-0.1, -0.05) is 23.7 Å². The van der Waals surface area contributed by atoms with Gasteiger partial charge in [0.15, 0.2) is 0 Å². The van der Waals surface area contributed by atoms with E-state index in [1.807, 2.05) is 0 Å². The van der Waals surface area contributed by atoms with Crippen molar-refractivity contribution in [1.29, 1.82) is 0 Å². The van der Waals surface area contributed by atoms with E-state index in [4.69, 9.17) is 23.2 Å². The maximum atomic E-state index is 11.1. The second-order valence-electron chi connectivity index (χ2n) is 2.77. The van der Waals surface area contributed by atoms with E-state index < -0.39 is 5.24 Å². The number of pyridine rings is 1. The Balaban J connectivity index is 2.88. The van der Waals surface area contributed by atoms with Gasteiger partial charge in [0.1, 0.15) is 0 Å². The lowest BCUT2D eigenvalue weighted by atomic mass is 10.1. The lowest BCUT2D eigenvalue weighted by molar-refractivity contribution is 0.108. The number of aromatic nitrogens is 1. The molecule has 2 rings (SSSR count). The zero-order valence-corrected chi connectivity index (χ0v) is 8.51. The molecule has 0 aliphatic carbocycles. The van der Waals surface area contributed by atoms with Crippen LogP contribution in [0.15, 0.2) is 30.5 Å². The van der Waals surface area contributed by atoms with Crippen LogP contribution in [0, 0.1) is 0 Å². The van der Waals surface area contributed by atoms with Crippen molar-refractivity contribution in [2.45, 2.75) is 0 Å². The van der Waals surface area contributed by atoms with Gasteiger partial charge in [-0.2, -0.15) is 0 Å². The van der Waals surface area contributed by atoms with Crippen LogP contribution in [0.25, 0.3) is 10.9 Å². The first-order valence-electron chi connectivity index (χ1n) is 3.93. The number of para-hydroxylation sites is 1. The number of hydrogen-bond donors (Lipinski definition) is 0. The summed E-state index contributed by atoms with van der Waals surface area (Å²) in [5.41, 5.74) is 0.923. The maximum Gasteiger partial charge on any atom is 0.254 e. The van der Waals surface area contributed by atoms with Gasteiger partial charge in [0, 0.05) is 11.6 Å². The minimum atomic E-state index is -0.523. The molecule has 70 valence electrons. The average Bonchev–Trinajstić information content (AvgIpc) is 2.17. The first-order chi connectivity index (χ1) is 6.70. The summed E-state index contributed by atoms with van der Waals surface area (Å²) in [6.07, 6.45) is 1.55. The number of halogens is 2. The molecule has 0 spiro atoms. The molecule has 0 amide bonds. The highest BCUT2D eigenvalue weighted by molar-refractivity contribution is 6.68. The van der Waals surface area contributed by atoms with Gasteiger partial charge in [-0.3, -0.25) is 9.78 Å². The van der Waals surface area contributed by atoms with Crippen LogP contribution in [0.5, 0.6) is 0 Å². The van der Waals surface area contributed by atoms with E-state index >= 15 is 0 Å². The lowest BCUT2D eigenvalue weighted by Gasteiger charge is -2.01. The summed E-state index contributed by atoms with van der Waals surface area (Å²) in [6, 6.07) is 6.83. The Morgan fingerprint density at radius 3 is 2.79 bits per heavy atom. The molecule has 0 bridgehead atoms. The third-order valence-electron chi connectivity index (χ3n) is 1.93. The first-order valence-corrected chi connectivity index (χ1v) is 4.69. The van der Waals surface area contributed by atoms with Crippen molar-refractivity contribution in [3.05, 3.63) is 41.0 Å². The predicted octanol–water partition coefficient (Wildman–Crippen LogP) is 3.27. The summed E-state index contributed by atoms with van der Waals surface area (Å²) in [5, 5.41) is 0.779. The van der Waals surface area contributed by atoms with E-state index in [0.717, 1.165) is 5.39 Å². The Labute approximate surface area is 90.5 Å². The van der Waals surface area contributed by atoms with E-state index in [-0.39, 0.29) is 0 Å². The predicted molar refractivity (Wildman–Crippen MR) is 56.9 cm³/mol. The second kappa shape index (κ2) is 3.56. The van der Waals surface area contributed by atoms with Crippen LogP contribution < -0.4 is 0 Å². The first kappa shape index (κ1) is 9.44. The molecule has 4 heteroatoms. The molecule has 14 heavy (non-hydrogen) atoms. The summed E-state index contributed by atoms with van der Waals surface area (Å²) >= 11 is 11.4. The Kier molecular flexibility index (Phi) is 2.40. The molecule has 0 unspecified atom stereocenters. The maximum absolute atomic E-state index is 11.1. The molecule has 1 aromatic carbocycles.